The first-order chi connectivity index (χ1) is 10.5. The van der Waals surface area contributed by atoms with Crippen LogP contribution in [0.5, 0.6) is 5.75 Å². The Bertz CT molecular complexity index is 468. The molecule has 0 spiro atoms. The molecule has 0 saturated heterocycles. The summed E-state index contributed by atoms with van der Waals surface area (Å²) in [5, 5.41) is 18.5. The fraction of sp³-hybridized carbons (Fsp3) is 0.700. The summed E-state index contributed by atoms with van der Waals surface area (Å²) >= 11 is 0. The summed E-state index contributed by atoms with van der Waals surface area (Å²) in [4.78, 5) is 0. The molecular weight excluding hydrogens is 288 g/mol. The molecule has 0 aromatic heterocycles. The summed E-state index contributed by atoms with van der Waals surface area (Å²) in [5.41, 5.74) is 3.66. The molecule has 1 aromatic rings. The molecule has 0 saturated carbocycles. The topological polar surface area (TPSA) is 49.7 Å². The number of aliphatic hydroxyl groups excluding tert-OH is 2. The molecule has 0 heterocycles. The van der Waals surface area contributed by atoms with Crippen molar-refractivity contribution in [3.8, 4) is 5.75 Å². The molecule has 132 valence electrons. The van der Waals surface area contributed by atoms with E-state index < -0.39 is 0 Å². The molecule has 0 radical (unpaired) electrons. The molecule has 0 fully saturated rings. The van der Waals surface area contributed by atoms with Crippen LogP contribution in [0.3, 0.4) is 0 Å². The Labute approximate surface area is 141 Å². The predicted molar refractivity (Wildman–Crippen MR) is 96.4 cm³/mol. The van der Waals surface area contributed by atoms with Crippen molar-refractivity contribution in [2.75, 3.05) is 20.3 Å². The number of hydrogen-bond acceptors (Lipinski definition) is 3. The highest BCUT2D eigenvalue weighted by Crippen LogP contribution is 2.40. The average molecular weight is 322 g/mol. The number of hydrogen-bond donors (Lipinski definition) is 2. The number of methoxy groups -OCH3 is 1. The van der Waals surface area contributed by atoms with Crippen LogP contribution in [0, 0.1) is 5.92 Å². The third kappa shape index (κ3) is 5.22. The second kappa shape index (κ2) is 7.67. The number of ether oxygens (including phenoxy) is 1. The Morgan fingerprint density at radius 1 is 0.913 bits per heavy atom. The average Bonchev–Trinajstić information content (AvgIpc) is 2.45. The van der Waals surface area contributed by atoms with Crippen LogP contribution in [0.15, 0.2) is 12.1 Å². The van der Waals surface area contributed by atoms with Gasteiger partial charge in [-0.05, 0) is 29.2 Å². The van der Waals surface area contributed by atoms with E-state index in [-0.39, 0.29) is 30.0 Å². The number of aryl methyl sites for hydroxylation is 1. The zero-order chi connectivity index (χ0) is 17.8. The van der Waals surface area contributed by atoms with Crippen LogP contribution in [0.25, 0.3) is 0 Å². The van der Waals surface area contributed by atoms with Crippen molar-refractivity contribution < 1.29 is 14.9 Å². The Balaban J connectivity index is 3.33. The van der Waals surface area contributed by atoms with Gasteiger partial charge in [-0.2, -0.15) is 0 Å². The van der Waals surface area contributed by atoms with Gasteiger partial charge >= 0.3 is 0 Å². The Morgan fingerprint density at radius 2 is 1.35 bits per heavy atom. The molecule has 0 aliphatic heterocycles. The van der Waals surface area contributed by atoms with Crippen molar-refractivity contribution in [2.24, 2.45) is 5.92 Å². The fourth-order valence-electron chi connectivity index (χ4n) is 2.78. The molecule has 1 aromatic carbocycles. The normalized spacial score (nSPS) is 12.8. The molecule has 1 rings (SSSR count). The second-order valence-corrected chi connectivity index (χ2v) is 8.49. The van der Waals surface area contributed by atoms with Crippen LogP contribution >= 0.6 is 0 Å². The first-order valence-corrected chi connectivity index (χ1v) is 8.48. The van der Waals surface area contributed by atoms with Gasteiger partial charge in [0.05, 0.1) is 7.11 Å². The molecule has 23 heavy (non-hydrogen) atoms. The SMILES string of the molecule is COc1c(C(C)(C)C)cc(CCC(CO)CO)cc1C(C)(C)C. The van der Waals surface area contributed by atoms with Gasteiger partial charge in [-0.15, -0.1) is 0 Å². The van der Waals surface area contributed by atoms with Gasteiger partial charge in [-0.25, -0.2) is 0 Å². The predicted octanol–water partition coefficient (Wildman–Crippen LogP) is 3.82. The van der Waals surface area contributed by atoms with E-state index in [1.165, 1.54) is 16.7 Å². The van der Waals surface area contributed by atoms with Crippen molar-refractivity contribution in [1.82, 2.24) is 0 Å². The lowest BCUT2D eigenvalue weighted by molar-refractivity contribution is 0.144. The van der Waals surface area contributed by atoms with E-state index in [1.54, 1.807) is 7.11 Å². The molecule has 0 atom stereocenters. The van der Waals surface area contributed by atoms with Gasteiger partial charge in [0.2, 0.25) is 0 Å². The van der Waals surface area contributed by atoms with Crippen molar-refractivity contribution >= 4 is 0 Å². The van der Waals surface area contributed by atoms with Gasteiger partial charge < -0.3 is 14.9 Å². The van der Waals surface area contributed by atoms with Gasteiger partial charge in [0.15, 0.2) is 0 Å². The molecule has 0 bridgehead atoms. The molecule has 0 aliphatic carbocycles. The maximum absolute atomic E-state index is 9.27. The highest BCUT2D eigenvalue weighted by molar-refractivity contribution is 5.50. The van der Waals surface area contributed by atoms with E-state index in [0.717, 1.165) is 18.6 Å². The molecular formula is C20H34O3. The summed E-state index contributed by atoms with van der Waals surface area (Å²) in [7, 11) is 1.74. The highest BCUT2D eigenvalue weighted by Gasteiger charge is 2.27. The summed E-state index contributed by atoms with van der Waals surface area (Å²) < 4.78 is 5.77. The van der Waals surface area contributed by atoms with E-state index in [1.807, 2.05) is 0 Å². The lowest BCUT2D eigenvalue weighted by atomic mass is 9.78. The van der Waals surface area contributed by atoms with Crippen LogP contribution in [-0.4, -0.2) is 30.5 Å². The maximum atomic E-state index is 9.27. The number of rotatable bonds is 6. The van der Waals surface area contributed by atoms with E-state index in [0.29, 0.717) is 0 Å². The Morgan fingerprint density at radius 3 is 1.65 bits per heavy atom. The van der Waals surface area contributed by atoms with Gasteiger partial charge in [0, 0.05) is 30.3 Å². The van der Waals surface area contributed by atoms with Crippen molar-refractivity contribution in [1.29, 1.82) is 0 Å². The van der Waals surface area contributed by atoms with Crippen molar-refractivity contribution in [3.05, 3.63) is 28.8 Å². The van der Waals surface area contributed by atoms with E-state index in [4.69, 9.17) is 4.74 Å². The van der Waals surface area contributed by atoms with Crippen LogP contribution in [0.4, 0.5) is 0 Å². The largest absolute Gasteiger partial charge is 0.496 e. The van der Waals surface area contributed by atoms with Crippen LogP contribution in [-0.2, 0) is 17.3 Å². The fourth-order valence-corrected chi connectivity index (χ4v) is 2.78. The molecule has 0 aliphatic rings. The van der Waals surface area contributed by atoms with Gasteiger partial charge in [-0.1, -0.05) is 53.7 Å². The minimum absolute atomic E-state index is 0.00525. The third-order valence-corrected chi connectivity index (χ3v) is 4.33. The van der Waals surface area contributed by atoms with Crippen LogP contribution in [0.1, 0.15) is 64.7 Å². The van der Waals surface area contributed by atoms with E-state index >= 15 is 0 Å². The second-order valence-electron chi connectivity index (χ2n) is 8.49. The minimum Gasteiger partial charge on any atom is -0.496 e. The maximum Gasteiger partial charge on any atom is 0.126 e. The lowest BCUT2D eigenvalue weighted by Crippen LogP contribution is -2.20. The Hall–Kier alpha value is -1.06. The summed E-state index contributed by atoms with van der Waals surface area (Å²) in [5.74, 6) is 0.933. The highest BCUT2D eigenvalue weighted by atomic mass is 16.5. The van der Waals surface area contributed by atoms with Gasteiger partial charge in [0.1, 0.15) is 5.75 Å². The molecule has 2 N–H and O–H groups in total. The quantitative estimate of drug-likeness (QED) is 0.837. The van der Waals surface area contributed by atoms with E-state index in [9.17, 15) is 10.2 Å². The van der Waals surface area contributed by atoms with Gasteiger partial charge in [-0.3, -0.25) is 0 Å². The number of benzene rings is 1. The first kappa shape index (κ1) is 20.0. The monoisotopic (exact) mass is 322 g/mol. The standard InChI is InChI=1S/C20H34O3/c1-19(2,3)16-10-14(8-9-15(12-21)13-22)11-17(18(16)23-7)20(4,5)6/h10-11,15,21-22H,8-9,12-13H2,1-7H3. The third-order valence-electron chi connectivity index (χ3n) is 4.33. The van der Waals surface area contributed by atoms with Crippen LogP contribution < -0.4 is 4.74 Å². The van der Waals surface area contributed by atoms with Crippen LogP contribution in [0.2, 0.25) is 0 Å². The summed E-state index contributed by atoms with van der Waals surface area (Å²) in [6.07, 6.45) is 1.63. The van der Waals surface area contributed by atoms with Gasteiger partial charge in [0.25, 0.3) is 0 Å². The zero-order valence-electron chi connectivity index (χ0n) is 15.9. The molecule has 0 amide bonds. The number of aliphatic hydroxyl groups is 2. The summed E-state index contributed by atoms with van der Waals surface area (Å²) in [6.45, 7) is 13.3. The molecule has 3 nitrogen and oxygen atoms in total. The van der Waals surface area contributed by atoms with Crippen molar-refractivity contribution in [2.45, 2.75) is 65.2 Å². The summed E-state index contributed by atoms with van der Waals surface area (Å²) in [6, 6.07) is 4.44. The zero-order valence-corrected chi connectivity index (χ0v) is 15.9. The minimum atomic E-state index is -0.0479. The van der Waals surface area contributed by atoms with Crippen molar-refractivity contribution in [3.63, 3.8) is 0 Å². The molecule has 0 unspecified atom stereocenters. The first-order valence-electron chi connectivity index (χ1n) is 8.48. The lowest BCUT2D eigenvalue weighted by Gasteiger charge is -2.30. The Kier molecular flexibility index (Phi) is 6.67. The smallest absolute Gasteiger partial charge is 0.126 e. The molecule has 3 heteroatoms. The van der Waals surface area contributed by atoms with E-state index in [2.05, 4.69) is 53.7 Å².